The molecule has 0 spiro atoms. The molecule has 1 atom stereocenters. The first kappa shape index (κ1) is 12.7. The van der Waals surface area contributed by atoms with Crippen LogP contribution in [-0.2, 0) is 0 Å². The van der Waals surface area contributed by atoms with Crippen molar-refractivity contribution in [3.63, 3.8) is 0 Å². The lowest BCUT2D eigenvalue weighted by atomic mass is 9.86. The average molecular weight is 248 g/mol. The maximum absolute atomic E-state index is 12.3. The second kappa shape index (κ2) is 5.71. The maximum atomic E-state index is 12.3. The van der Waals surface area contributed by atoms with E-state index in [0.717, 1.165) is 25.7 Å². The van der Waals surface area contributed by atoms with Crippen molar-refractivity contribution < 1.29 is 9.72 Å². The molecular formula is C13H16N2O3. The second-order valence-electron chi connectivity index (χ2n) is 4.75. The first-order valence-electron chi connectivity index (χ1n) is 6.25. The molecule has 0 saturated heterocycles. The molecule has 1 fully saturated rings. The molecular weight excluding hydrogens is 232 g/mol. The number of rotatable bonds is 5. The topological polar surface area (TPSA) is 73.1 Å². The summed E-state index contributed by atoms with van der Waals surface area (Å²) in [5, 5.41) is 10.7. The third-order valence-electron chi connectivity index (χ3n) is 3.57. The van der Waals surface area contributed by atoms with E-state index in [1.807, 2.05) is 0 Å². The lowest BCUT2D eigenvalue weighted by Gasteiger charge is -2.17. The fraction of sp³-hybridized carbons (Fsp3) is 0.538. The summed E-state index contributed by atoms with van der Waals surface area (Å²) in [6.45, 7) is -0.278. The van der Waals surface area contributed by atoms with Gasteiger partial charge in [-0.05, 0) is 30.9 Å². The number of ketones is 1. The van der Waals surface area contributed by atoms with E-state index in [1.54, 1.807) is 24.4 Å². The van der Waals surface area contributed by atoms with Gasteiger partial charge in [0.25, 0.3) is 0 Å². The third-order valence-corrected chi connectivity index (χ3v) is 3.57. The van der Waals surface area contributed by atoms with Gasteiger partial charge in [-0.2, -0.15) is 0 Å². The summed E-state index contributed by atoms with van der Waals surface area (Å²) < 4.78 is 0. The van der Waals surface area contributed by atoms with Gasteiger partial charge in [-0.25, -0.2) is 0 Å². The van der Waals surface area contributed by atoms with Crippen LogP contribution < -0.4 is 0 Å². The van der Waals surface area contributed by atoms with Crippen LogP contribution in [0.15, 0.2) is 24.4 Å². The van der Waals surface area contributed by atoms with E-state index < -0.39 is 5.92 Å². The SMILES string of the molecule is O=C(c1ccccn1)C(C[N+](=O)[O-])C1CCCC1. The Morgan fingerprint density at radius 2 is 2.17 bits per heavy atom. The Hall–Kier alpha value is -1.78. The minimum atomic E-state index is -0.516. The van der Waals surface area contributed by atoms with Crippen molar-refractivity contribution in [3.05, 3.63) is 40.2 Å². The molecule has 0 radical (unpaired) electrons. The number of pyridine rings is 1. The van der Waals surface area contributed by atoms with E-state index >= 15 is 0 Å². The van der Waals surface area contributed by atoms with Crippen LogP contribution in [0, 0.1) is 22.0 Å². The van der Waals surface area contributed by atoms with Crippen molar-refractivity contribution >= 4 is 5.78 Å². The Morgan fingerprint density at radius 3 is 2.72 bits per heavy atom. The van der Waals surface area contributed by atoms with Crippen LogP contribution in [0.25, 0.3) is 0 Å². The van der Waals surface area contributed by atoms with Gasteiger partial charge in [0.15, 0.2) is 5.78 Å². The Balaban J connectivity index is 2.17. The molecule has 5 nitrogen and oxygen atoms in total. The van der Waals surface area contributed by atoms with Gasteiger partial charge in [0, 0.05) is 11.1 Å². The van der Waals surface area contributed by atoms with Gasteiger partial charge < -0.3 is 0 Å². The zero-order chi connectivity index (χ0) is 13.0. The van der Waals surface area contributed by atoms with Gasteiger partial charge in [0.05, 0.1) is 5.92 Å². The number of hydrogen-bond donors (Lipinski definition) is 0. The highest BCUT2D eigenvalue weighted by Gasteiger charge is 2.35. The van der Waals surface area contributed by atoms with Crippen molar-refractivity contribution in [3.8, 4) is 0 Å². The summed E-state index contributed by atoms with van der Waals surface area (Å²) in [4.78, 5) is 26.7. The highest BCUT2D eigenvalue weighted by atomic mass is 16.6. The number of carbonyl (C=O) groups excluding carboxylic acids is 1. The molecule has 1 aliphatic carbocycles. The van der Waals surface area contributed by atoms with Crippen molar-refractivity contribution in [1.82, 2.24) is 4.98 Å². The van der Waals surface area contributed by atoms with Crippen LogP contribution in [-0.4, -0.2) is 22.2 Å². The Labute approximate surface area is 105 Å². The maximum Gasteiger partial charge on any atom is 0.214 e. The van der Waals surface area contributed by atoms with Crippen molar-refractivity contribution in [1.29, 1.82) is 0 Å². The highest BCUT2D eigenvalue weighted by Crippen LogP contribution is 2.33. The minimum absolute atomic E-state index is 0.143. The standard InChI is InChI=1S/C13H16N2O3/c16-13(12-7-3-4-8-14-12)11(9-15(17)18)10-5-1-2-6-10/h3-4,7-8,10-11H,1-2,5-6,9H2. The minimum Gasteiger partial charge on any atom is -0.292 e. The first-order chi connectivity index (χ1) is 8.68. The van der Waals surface area contributed by atoms with E-state index in [0.29, 0.717) is 5.69 Å². The molecule has 96 valence electrons. The van der Waals surface area contributed by atoms with Crippen LogP contribution in [0.3, 0.4) is 0 Å². The molecule has 0 aromatic carbocycles. The zero-order valence-corrected chi connectivity index (χ0v) is 10.1. The summed E-state index contributed by atoms with van der Waals surface area (Å²) in [5.74, 6) is -0.554. The number of carbonyl (C=O) groups is 1. The predicted molar refractivity (Wildman–Crippen MR) is 65.9 cm³/mol. The number of Topliss-reactive ketones (excluding diaryl/α,β-unsaturated/α-hetero) is 1. The smallest absolute Gasteiger partial charge is 0.214 e. The summed E-state index contributed by atoms with van der Waals surface area (Å²) >= 11 is 0. The monoisotopic (exact) mass is 248 g/mol. The predicted octanol–water partition coefficient (Wildman–Crippen LogP) is 2.35. The van der Waals surface area contributed by atoms with Crippen molar-refractivity contribution in [2.75, 3.05) is 6.54 Å². The zero-order valence-electron chi connectivity index (χ0n) is 10.1. The van der Waals surface area contributed by atoms with Crippen LogP contribution >= 0.6 is 0 Å². The molecule has 5 heteroatoms. The van der Waals surface area contributed by atoms with E-state index in [4.69, 9.17) is 0 Å². The summed E-state index contributed by atoms with van der Waals surface area (Å²) in [6, 6.07) is 5.09. The van der Waals surface area contributed by atoms with Gasteiger partial charge >= 0.3 is 0 Å². The largest absolute Gasteiger partial charge is 0.292 e. The molecule has 0 bridgehead atoms. The quantitative estimate of drug-likeness (QED) is 0.455. The van der Waals surface area contributed by atoms with Crippen LogP contribution in [0.4, 0.5) is 0 Å². The third kappa shape index (κ3) is 2.91. The second-order valence-corrected chi connectivity index (χ2v) is 4.75. The van der Waals surface area contributed by atoms with E-state index in [-0.39, 0.29) is 23.2 Å². The molecule has 1 heterocycles. The lowest BCUT2D eigenvalue weighted by molar-refractivity contribution is -0.486. The number of nitro groups is 1. The van der Waals surface area contributed by atoms with Gasteiger partial charge in [-0.15, -0.1) is 0 Å². The number of aromatic nitrogens is 1. The molecule has 0 N–H and O–H groups in total. The van der Waals surface area contributed by atoms with Crippen LogP contribution in [0.2, 0.25) is 0 Å². The average Bonchev–Trinajstić information content (AvgIpc) is 2.89. The lowest BCUT2D eigenvalue weighted by Crippen LogP contribution is -2.30. The van der Waals surface area contributed by atoms with E-state index in [1.165, 1.54) is 0 Å². The molecule has 0 amide bonds. The van der Waals surface area contributed by atoms with Gasteiger partial charge in [0.1, 0.15) is 5.69 Å². The summed E-state index contributed by atoms with van der Waals surface area (Å²) in [6.07, 6.45) is 5.50. The molecule has 1 aliphatic rings. The number of hydrogen-bond acceptors (Lipinski definition) is 4. The van der Waals surface area contributed by atoms with E-state index in [9.17, 15) is 14.9 Å². The molecule has 1 unspecified atom stereocenters. The fourth-order valence-corrected chi connectivity index (χ4v) is 2.66. The van der Waals surface area contributed by atoms with Crippen LogP contribution in [0.1, 0.15) is 36.2 Å². The molecule has 1 saturated carbocycles. The molecule has 18 heavy (non-hydrogen) atoms. The van der Waals surface area contributed by atoms with Crippen LogP contribution in [0.5, 0.6) is 0 Å². The van der Waals surface area contributed by atoms with Crippen molar-refractivity contribution in [2.24, 2.45) is 11.8 Å². The first-order valence-corrected chi connectivity index (χ1v) is 6.25. The molecule has 0 aliphatic heterocycles. The Morgan fingerprint density at radius 1 is 1.44 bits per heavy atom. The summed E-state index contributed by atoms with van der Waals surface area (Å²) in [5.41, 5.74) is 0.344. The van der Waals surface area contributed by atoms with Gasteiger partial charge in [-0.3, -0.25) is 19.9 Å². The molecule has 2 rings (SSSR count). The summed E-state index contributed by atoms with van der Waals surface area (Å²) in [7, 11) is 0. The Kier molecular flexibility index (Phi) is 4.02. The number of nitrogens with zero attached hydrogens (tertiary/aromatic N) is 2. The highest BCUT2D eigenvalue weighted by molar-refractivity contribution is 5.96. The molecule has 1 aromatic heterocycles. The fourth-order valence-electron chi connectivity index (χ4n) is 2.66. The molecule has 1 aromatic rings. The normalized spacial score (nSPS) is 17.6. The van der Waals surface area contributed by atoms with E-state index in [2.05, 4.69) is 4.98 Å². The Bertz CT molecular complexity index is 427. The van der Waals surface area contributed by atoms with Crippen molar-refractivity contribution in [2.45, 2.75) is 25.7 Å². The van der Waals surface area contributed by atoms with Gasteiger partial charge in [-0.1, -0.05) is 18.9 Å². The van der Waals surface area contributed by atoms with Gasteiger partial charge in [0.2, 0.25) is 6.54 Å².